The van der Waals surface area contributed by atoms with Crippen LogP contribution in [0.4, 0.5) is 8.78 Å². The van der Waals surface area contributed by atoms with Gasteiger partial charge in [-0.15, -0.1) is 5.10 Å². The van der Waals surface area contributed by atoms with Crippen LogP contribution in [0.1, 0.15) is 24.2 Å². The molecule has 2 aromatic rings. The second-order valence-corrected chi connectivity index (χ2v) is 4.47. The predicted octanol–water partition coefficient (Wildman–Crippen LogP) is 2.71. The molecule has 0 saturated heterocycles. The summed E-state index contributed by atoms with van der Waals surface area (Å²) in [5.41, 5.74) is 1.10. The molecule has 1 N–H and O–H groups in total. The van der Waals surface area contributed by atoms with Crippen molar-refractivity contribution in [2.75, 3.05) is 6.54 Å². The molecule has 1 atom stereocenters. The van der Waals surface area contributed by atoms with Crippen molar-refractivity contribution in [2.24, 2.45) is 0 Å². The maximum absolute atomic E-state index is 13.6. The Morgan fingerprint density at radius 2 is 2.22 bits per heavy atom. The van der Waals surface area contributed by atoms with Crippen LogP contribution >= 0.6 is 11.5 Å². The lowest BCUT2D eigenvalue weighted by atomic mass is 10.0. The maximum Gasteiger partial charge on any atom is 0.162 e. The second-order valence-electron chi connectivity index (χ2n) is 3.86. The van der Waals surface area contributed by atoms with E-state index in [4.69, 9.17) is 0 Å². The average Bonchev–Trinajstić information content (AvgIpc) is 2.88. The smallest absolute Gasteiger partial charge is 0.162 e. The molecule has 0 fully saturated rings. The summed E-state index contributed by atoms with van der Waals surface area (Å²) in [6, 6.07) is 4.06. The van der Waals surface area contributed by atoms with Gasteiger partial charge in [0.1, 0.15) is 0 Å². The van der Waals surface area contributed by atoms with E-state index in [-0.39, 0.29) is 6.04 Å². The first kappa shape index (κ1) is 13.0. The first-order chi connectivity index (χ1) is 8.72. The SMILES string of the molecule is CCNC(Cc1cccc(F)c1F)c1csnn1. The molecule has 0 bridgehead atoms. The van der Waals surface area contributed by atoms with E-state index in [0.29, 0.717) is 12.0 Å². The number of benzene rings is 1. The highest BCUT2D eigenvalue weighted by Crippen LogP contribution is 2.20. The molecule has 3 nitrogen and oxygen atoms in total. The lowest BCUT2D eigenvalue weighted by molar-refractivity contribution is 0.478. The Morgan fingerprint density at radius 3 is 2.89 bits per heavy atom. The summed E-state index contributed by atoms with van der Waals surface area (Å²) < 4.78 is 30.5. The quantitative estimate of drug-likeness (QED) is 0.907. The summed E-state index contributed by atoms with van der Waals surface area (Å²) >= 11 is 1.24. The summed E-state index contributed by atoms with van der Waals surface area (Å²) in [6.07, 6.45) is 0.350. The average molecular weight is 269 g/mol. The molecule has 1 aromatic carbocycles. The third-order valence-corrected chi connectivity index (χ3v) is 3.16. The van der Waals surface area contributed by atoms with Crippen molar-refractivity contribution in [1.82, 2.24) is 14.9 Å². The highest BCUT2D eigenvalue weighted by atomic mass is 32.1. The summed E-state index contributed by atoms with van der Waals surface area (Å²) in [6.45, 7) is 2.67. The summed E-state index contributed by atoms with van der Waals surface area (Å²) in [5.74, 6) is -1.61. The van der Waals surface area contributed by atoms with Gasteiger partial charge in [0.15, 0.2) is 11.6 Å². The van der Waals surface area contributed by atoms with Crippen LogP contribution < -0.4 is 5.32 Å². The standard InChI is InChI=1S/C12H13F2N3S/c1-2-15-10(11-7-18-17-16-11)6-8-4-3-5-9(13)12(8)14/h3-5,7,10,15H,2,6H2,1H3. The molecule has 2 rings (SSSR count). The summed E-state index contributed by atoms with van der Waals surface area (Å²) in [4.78, 5) is 0. The Balaban J connectivity index is 2.21. The van der Waals surface area contributed by atoms with Crippen LogP contribution in [0.3, 0.4) is 0 Å². The third kappa shape index (κ3) is 2.88. The zero-order chi connectivity index (χ0) is 13.0. The minimum atomic E-state index is -0.820. The van der Waals surface area contributed by atoms with Gasteiger partial charge in [0.05, 0.1) is 11.7 Å². The van der Waals surface area contributed by atoms with Crippen LogP contribution in [0.15, 0.2) is 23.6 Å². The minimum absolute atomic E-state index is 0.148. The monoisotopic (exact) mass is 269 g/mol. The minimum Gasteiger partial charge on any atom is -0.309 e. The van der Waals surface area contributed by atoms with Crippen molar-refractivity contribution in [3.05, 3.63) is 46.5 Å². The van der Waals surface area contributed by atoms with Gasteiger partial charge in [-0.2, -0.15) is 0 Å². The second kappa shape index (κ2) is 5.97. The van der Waals surface area contributed by atoms with Gasteiger partial charge in [-0.1, -0.05) is 23.5 Å². The van der Waals surface area contributed by atoms with Crippen molar-refractivity contribution in [3.63, 3.8) is 0 Å². The van der Waals surface area contributed by atoms with Crippen molar-refractivity contribution < 1.29 is 8.78 Å². The topological polar surface area (TPSA) is 37.8 Å². The molecule has 0 spiro atoms. The summed E-state index contributed by atoms with van der Waals surface area (Å²) in [7, 11) is 0. The molecule has 0 amide bonds. The van der Waals surface area contributed by atoms with E-state index in [9.17, 15) is 8.78 Å². The van der Waals surface area contributed by atoms with Gasteiger partial charge in [-0.25, -0.2) is 8.78 Å². The van der Waals surface area contributed by atoms with E-state index < -0.39 is 11.6 Å². The zero-order valence-corrected chi connectivity index (χ0v) is 10.7. The third-order valence-electron chi connectivity index (χ3n) is 2.64. The molecule has 0 aliphatic heterocycles. The number of hydrogen-bond donors (Lipinski definition) is 1. The fraction of sp³-hybridized carbons (Fsp3) is 0.333. The number of halogens is 2. The van der Waals surface area contributed by atoms with Crippen molar-refractivity contribution in [1.29, 1.82) is 0 Å². The molecule has 1 heterocycles. The zero-order valence-electron chi connectivity index (χ0n) is 9.86. The number of nitrogens with one attached hydrogen (secondary N) is 1. The largest absolute Gasteiger partial charge is 0.309 e. The van der Waals surface area contributed by atoms with Crippen LogP contribution in [0.5, 0.6) is 0 Å². The molecule has 0 radical (unpaired) electrons. The van der Waals surface area contributed by atoms with Crippen molar-refractivity contribution >= 4 is 11.5 Å². The highest BCUT2D eigenvalue weighted by Gasteiger charge is 2.17. The van der Waals surface area contributed by atoms with Crippen LogP contribution in [-0.2, 0) is 6.42 Å². The van der Waals surface area contributed by atoms with Gasteiger partial charge in [0.25, 0.3) is 0 Å². The van der Waals surface area contributed by atoms with E-state index in [1.165, 1.54) is 17.6 Å². The maximum atomic E-state index is 13.6. The Bertz CT molecular complexity index is 502. The molecule has 6 heteroatoms. The summed E-state index contributed by atoms with van der Waals surface area (Å²) in [5, 5.41) is 8.98. The Kier molecular flexibility index (Phi) is 4.33. The van der Waals surface area contributed by atoms with Gasteiger partial charge >= 0.3 is 0 Å². The molecule has 0 aliphatic rings. The van der Waals surface area contributed by atoms with Crippen LogP contribution in [-0.4, -0.2) is 16.1 Å². The van der Waals surface area contributed by atoms with Gasteiger partial charge in [-0.05, 0) is 36.1 Å². The molecule has 96 valence electrons. The number of likely N-dealkylation sites (N-methyl/N-ethyl adjacent to an activating group) is 1. The normalized spacial score (nSPS) is 12.6. The fourth-order valence-corrected chi connectivity index (χ4v) is 2.29. The van der Waals surface area contributed by atoms with Crippen molar-refractivity contribution in [3.8, 4) is 0 Å². The van der Waals surface area contributed by atoms with Gasteiger partial charge in [0, 0.05) is 5.38 Å². The van der Waals surface area contributed by atoms with Crippen LogP contribution in [0.25, 0.3) is 0 Å². The van der Waals surface area contributed by atoms with E-state index in [0.717, 1.165) is 18.3 Å². The molecule has 1 unspecified atom stereocenters. The molecule has 18 heavy (non-hydrogen) atoms. The van der Waals surface area contributed by atoms with Crippen molar-refractivity contribution in [2.45, 2.75) is 19.4 Å². The molecule has 0 aliphatic carbocycles. The van der Waals surface area contributed by atoms with E-state index in [1.807, 2.05) is 12.3 Å². The molecule has 1 aromatic heterocycles. The van der Waals surface area contributed by atoms with Gasteiger partial charge < -0.3 is 5.32 Å². The lowest BCUT2D eigenvalue weighted by Crippen LogP contribution is -2.23. The molecular formula is C12H13F2N3S. The number of hydrogen-bond acceptors (Lipinski definition) is 4. The fourth-order valence-electron chi connectivity index (χ4n) is 1.78. The number of nitrogens with zero attached hydrogens (tertiary/aromatic N) is 2. The Hall–Kier alpha value is -1.40. The van der Waals surface area contributed by atoms with E-state index >= 15 is 0 Å². The number of rotatable bonds is 5. The Labute approximate surface area is 108 Å². The molecule has 0 saturated carbocycles. The highest BCUT2D eigenvalue weighted by molar-refractivity contribution is 7.03. The molecular weight excluding hydrogens is 256 g/mol. The number of aromatic nitrogens is 2. The van der Waals surface area contributed by atoms with Gasteiger partial charge in [0.2, 0.25) is 0 Å². The first-order valence-corrected chi connectivity index (χ1v) is 6.49. The van der Waals surface area contributed by atoms with E-state index in [1.54, 1.807) is 6.07 Å². The first-order valence-electron chi connectivity index (χ1n) is 5.65. The van der Waals surface area contributed by atoms with Crippen LogP contribution in [0, 0.1) is 11.6 Å². The Morgan fingerprint density at radius 1 is 1.39 bits per heavy atom. The van der Waals surface area contributed by atoms with Gasteiger partial charge in [-0.3, -0.25) is 0 Å². The van der Waals surface area contributed by atoms with Crippen LogP contribution in [0.2, 0.25) is 0 Å². The lowest BCUT2D eigenvalue weighted by Gasteiger charge is -2.15. The predicted molar refractivity (Wildman–Crippen MR) is 66.4 cm³/mol. The van der Waals surface area contributed by atoms with E-state index in [2.05, 4.69) is 14.9 Å².